The van der Waals surface area contributed by atoms with Gasteiger partial charge in [0.15, 0.2) is 11.4 Å². The second kappa shape index (κ2) is 10.1. The highest BCUT2D eigenvalue weighted by molar-refractivity contribution is 6.01. The van der Waals surface area contributed by atoms with E-state index in [9.17, 15) is 9.59 Å². The summed E-state index contributed by atoms with van der Waals surface area (Å²) in [6.45, 7) is 0. The quantitative estimate of drug-likeness (QED) is 0.216. The van der Waals surface area contributed by atoms with Gasteiger partial charge in [-0.3, -0.25) is 9.59 Å². The van der Waals surface area contributed by atoms with Crippen LogP contribution in [-0.4, -0.2) is 38.8 Å². The van der Waals surface area contributed by atoms with Crippen LogP contribution in [0.4, 0.5) is 5.95 Å². The molecule has 0 radical (unpaired) electrons. The molecular weight excluding hydrogens is 480 g/mol. The third-order valence-corrected chi connectivity index (χ3v) is 6.42. The Bertz CT molecular complexity index is 1600. The lowest BCUT2D eigenvalue weighted by Crippen LogP contribution is -2.60. The lowest BCUT2D eigenvalue weighted by molar-refractivity contribution is -0.125. The maximum absolute atomic E-state index is 13.6. The van der Waals surface area contributed by atoms with Gasteiger partial charge in [-0.05, 0) is 35.4 Å². The predicted octanol–water partition coefficient (Wildman–Crippen LogP) is 2.87. The molecule has 5 aromatic rings. The molecule has 2 amide bonds. The van der Waals surface area contributed by atoms with E-state index in [2.05, 4.69) is 30.6 Å². The summed E-state index contributed by atoms with van der Waals surface area (Å²) >= 11 is 0. The van der Waals surface area contributed by atoms with Crippen LogP contribution in [-0.2, 0) is 10.3 Å². The molecule has 0 bridgehead atoms. The van der Waals surface area contributed by atoms with Gasteiger partial charge < -0.3 is 27.1 Å². The van der Waals surface area contributed by atoms with Gasteiger partial charge in [-0.25, -0.2) is 15.0 Å². The van der Waals surface area contributed by atoms with Crippen LogP contribution in [0, 0.1) is 0 Å². The molecule has 0 saturated heterocycles. The third-order valence-electron chi connectivity index (χ3n) is 6.42. The number of hydrogen-bond donors (Lipinski definition) is 5. The molecule has 0 spiro atoms. The van der Waals surface area contributed by atoms with Crippen molar-refractivity contribution < 1.29 is 9.59 Å². The lowest BCUT2D eigenvalue weighted by atomic mass is 9.78. The van der Waals surface area contributed by atoms with Crippen molar-refractivity contribution in [3.63, 3.8) is 0 Å². The number of nitrogens with zero attached hydrogens (tertiary/aromatic N) is 3. The fourth-order valence-electron chi connectivity index (χ4n) is 4.43. The van der Waals surface area contributed by atoms with Crippen molar-refractivity contribution in [2.45, 2.75) is 11.6 Å². The van der Waals surface area contributed by atoms with Crippen molar-refractivity contribution >= 4 is 28.8 Å². The Hall–Kier alpha value is -5.09. The van der Waals surface area contributed by atoms with E-state index >= 15 is 0 Å². The van der Waals surface area contributed by atoms with Gasteiger partial charge in [0.1, 0.15) is 5.69 Å². The summed E-state index contributed by atoms with van der Waals surface area (Å²) in [5.41, 5.74) is 14.2. The molecule has 0 aliphatic heterocycles. The molecular formula is C28H26N8O2. The van der Waals surface area contributed by atoms with E-state index in [1.807, 2.05) is 24.3 Å². The van der Waals surface area contributed by atoms with E-state index in [0.717, 1.165) is 0 Å². The topological polar surface area (TPSA) is 165 Å². The number of H-pyrrole nitrogens is 1. The molecule has 2 atom stereocenters. The van der Waals surface area contributed by atoms with Crippen molar-refractivity contribution in [2.24, 2.45) is 11.5 Å². The number of primary amides is 1. The van der Waals surface area contributed by atoms with Crippen LogP contribution >= 0.6 is 0 Å². The van der Waals surface area contributed by atoms with Crippen LogP contribution in [0.1, 0.15) is 27.5 Å². The number of rotatable bonds is 8. The SMILES string of the molecule is CNc1nccc(-c2nc3cc(C(=O)N[C@@](C(N)=O)(c4ccccc4)C(N)c4ccccc4)ccc3[nH]2)n1. The number of carbonyl (C=O) groups excluding carboxylic acids is 2. The van der Waals surface area contributed by atoms with Gasteiger partial charge in [0.05, 0.1) is 17.1 Å². The van der Waals surface area contributed by atoms with Crippen molar-refractivity contribution in [1.29, 1.82) is 0 Å². The molecule has 2 aromatic heterocycles. The number of anilines is 1. The Morgan fingerprint density at radius 2 is 1.66 bits per heavy atom. The van der Waals surface area contributed by atoms with Gasteiger partial charge in [-0.1, -0.05) is 60.7 Å². The number of imidazole rings is 1. The molecule has 2 heterocycles. The fraction of sp³-hybridized carbons (Fsp3) is 0.107. The maximum atomic E-state index is 13.6. The third kappa shape index (κ3) is 4.44. The van der Waals surface area contributed by atoms with Crippen molar-refractivity contribution in [3.8, 4) is 11.5 Å². The molecule has 3 aromatic carbocycles. The van der Waals surface area contributed by atoms with Crippen LogP contribution in [0.2, 0.25) is 0 Å². The molecule has 0 fully saturated rings. The number of hydrogen-bond acceptors (Lipinski definition) is 7. The maximum Gasteiger partial charge on any atom is 0.252 e. The zero-order chi connectivity index (χ0) is 26.7. The molecule has 7 N–H and O–H groups in total. The number of benzene rings is 3. The number of carbonyl (C=O) groups is 2. The van der Waals surface area contributed by atoms with E-state index in [1.54, 1.807) is 73.9 Å². The molecule has 0 aliphatic rings. The molecule has 190 valence electrons. The van der Waals surface area contributed by atoms with Gasteiger partial charge in [-0.15, -0.1) is 0 Å². The molecule has 10 heteroatoms. The van der Waals surface area contributed by atoms with Crippen molar-refractivity contribution in [3.05, 3.63) is 108 Å². The molecule has 1 unspecified atom stereocenters. The Balaban J connectivity index is 1.53. The number of nitrogens with one attached hydrogen (secondary N) is 3. The first kappa shape index (κ1) is 24.6. The predicted molar refractivity (Wildman–Crippen MR) is 145 cm³/mol. The van der Waals surface area contributed by atoms with Crippen LogP contribution in [0.25, 0.3) is 22.6 Å². The number of amides is 2. The Labute approximate surface area is 218 Å². The Kier molecular flexibility index (Phi) is 6.55. The van der Waals surface area contributed by atoms with Crippen LogP contribution in [0.3, 0.4) is 0 Å². The molecule has 38 heavy (non-hydrogen) atoms. The van der Waals surface area contributed by atoms with E-state index < -0.39 is 23.4 Å². The van der Waals surface area contributed by atoms with Crippen LogP contribution in [0.15, 0.2) is 91.1 Å². The highest BCUT2D eigenvalue weighted by Gasteiger charge is 2.46. The van der Waals surface area contributed by atoms with Gasteiger partial charge in [0.25, 0.3) is 5.91 Å². The number of aromatic amines is 1. The molecule has 0 saturated carbocycles. The number of aromatic nitrogens is 4. The van der Waals surface area contributed by atoms with Crippen LogP contribution < -0.4 is 22.1 Å². The van der Waals surface area contributed by atoms with Gasteiger partial charge in [0.2, 0.25) is 11.9 Å². The highest BCUT2D eigenvalue weighted by Crippen LogP contribution is 2.34. The van der Waals surface area contributed by atoms with Crippen molar-refractivity contribution in [1.82, 2.24) is 25.3 Å². The molecule has 0 aliphatic carbocycles. The standard InChI is InChI=1S/C28H26N8O2/c1-31-27-32-15-14-21(35-27)24-33-20-13-12-18(16-22(20)34-24)25(37)36-28(26(30)38,19-10-6-3-7-11-19)23(29)17-8-4-2-5-9-17/h2-16,23H,29H2,1H3,(H2,30,38)(H,33,34)(H,36,37)(H,31,32,35)/t23?,28-/m0/s1. The minimum atomic E-state index is -1.71. The average Bonchev–Trinajstić information content (AvgIpc) is 3.40. The van der Waals surface area contributed by atoms with Gasteiger partial charge in [-0.2, -0.15) is 0 Å². The Morgan fingerprint density at radius 1 is 0.947 bits per heavy atom. The lowest BCUT2D eigenvalue weighted by Gasteiger charge is -2.37. The highest BCUT2D eigenvalue weighted by atomic mass is 16.2. The summed E-state index contributed by atoms with van der Waals surface area (Å²) < 4.78 is 0. The first-order valence-corrected chi connectivity index (χ1v) is 11.9. The second-order valence-corrected chi connectivity index (χ2v) is 8.71. The number of nitrogens with two attached hydrogens (primary N) is 2. The smallest absolute Gasteiger partial charge is 0.252 e. The van der Waals surface area contributed by atoms with E-state index in [1.165, 1.54) is 0 Å². The monoisotopic (exact) mass is 506 g/mol. The normalized spacial score (nSPS) is 13.4. The summed E-state index contributed by atoms with van der Waals surface area (Å²) in [7, 11) is 1.73. The van der Waals surface area contributed by atoms with Gasteiger partial charge >= 0.3 is 0 Å². The second-order valence-electron chi connectivity index (χ2n) is 8.71. The summed E-state index contributed by atoms with van der Waals surface area (Å²) in [4.78, 5) is 43.1. The summed E-state index contributed by atoms with van der Waals surface area (Å²) in [6.07, 6.45) is 1.63. The van der Waals surface area contributed by atoms with E-state index in [0.29, 0.717) is 39.6 Å². The summed E-state index contributed by atoms with van der Waals surface area (Å²) in [6, 6.07) is 23.6. The van der Waals surface area contributed by atoms with Crippen LogP contribution in [0.5, 0.6) is 0 Å². The average molecular weight is 507 g/mol. The zero-order valence-electron chi connectivity index (χ0n) is 20.6. The minimum Gasteiger partial charge on any atom is -0.367 e. The number of fused-ring (bicyclic) bond motifs is 1. The summed E-state index contributed by atoms with van der Waals surface area (Å²) in [5, 5.41) is 5.77. The van der Waals surface area contributed by atoms with E-state index in [-0.39, 0.29) is 5.56 Å². The first-order chi connectivity index (χ1) is 18.4. The van der Waals surface area contributed by atoms with Gasteiger partial charge in [0, 0.05) is 18.8 Å². The minimum absolute atomic E-state index is 0.288. The summed E-state index contributed by atoms with van der Waals surface area (Å²) in [5.74, 6) is -0.314. The first-order valence-electron chi connectivity index (χ1n) is 11.9. The molecule has 5 rings (SSSR count). The zero-order valence-corrected chi connectivity index (χ0v) is 20.6. The van der Waals surface area contributed by atoms with Crippen molar-refractivity contribution in [2.75, 3.05) is 12.4 Å². The fourth-order valence-corrected chi connectivity index (χ4v) is 4.43. The molecule has 10 nitrogen and oxygen atoms in total. The largest absolute Gasteiger partial charge is 0.367 e. The Morgan fingerprint density at radius 3 is 2.34 bits per heavy atom. The van der Waals surface area contributed by atoms with E-state index in [4.69, 9.17) is 11.5 Å².